The van der Waals surface area contributed by atoms with Crippen LogP contribution in [0.15, 0.2) is 19.8 Å². The molecule has 0 spiro atoms. The fourth-order valence-corrected chi connectivity index (χ4v) is 2.83. The predicted octanol–water partition coefficient (Wildman–Crippen LogP) is 2.97. The number of thiophene rings is 1. The summed E-state index contributed by atoms with van der Waals surface area (Å²) in [5.74, 6) is 0.688. The molecule has 1 amide bonds. The first-order valence-corrected chi connectivity index (χ1v) is 7.15. The summed E-state index contributed by atoms with van der Waals surface area (Å²) in [6.07, 6.45) is 0.312. The van der Waals surface area contributed by atoms with Gasteiger partial charge in [0.15, 0.2) is 0 Å². The molecule has 96 valence electrons. The van der Waals surface area contributed by atoms with Gasteiger partial charge in [-0.1, -0.05) is 5.16 Å². The van der Waals surface area contributed by atoms with E-state index in [0.717, 1.165) is 20.6 Å². The second kappa shape index (κ2) is 5.67. The van der Waals surface area contributed by atoms with E-state index >= 15 is 0 Å². The van der Waals surface area contributed by atoms with Gasteiger partial charge in [-0.15, -0.1) is 11.3 Å². The summed E-state index contributed by atoms with van der Waals surface area (Å²) in [5.41, 5.74) is 2.75. The highest BCUT2D eigenvalue weighted by Gasteiger charge is 2.13. The second-order valence-electron chi connectivity index (χ2n) is 4.02. The number of carbonyl (C=O) groups is 1. The zero-order chi connectivity index (χ0) is 13.1. The molecule has 6 heteroatoms. The van der Waals surface area contributed by atoms with Gasteiger partial charge >= 0.3 is 0 Å². The van der Waals surface area contributed by atoms with Gasteiger partial charge in [0.25, 0.3) is 0 Å². The molecule has 0 aliphatic heterocycles. The van der Waals surface area contributed by atoms with Crippen molar-refractivity contribution in [3.8, 4) is 0 Å². The summed E-state index contributed by atoms with van der Waals surface area (Å²) >= 11 is 5.00. The van der Waals surface area contributed by atoms with Crippen LogP contribution in [0.4, 0.5) is 0 Å². The molecule has 0 unspecified atom stereocenters. The SMILES string of the molecule is Cc1noc(C)c1CC(=O)NCc1csc(Br)c1. The third-order valence-electron chi connectivity index (χ3n) is 2.63. The van der Waals surface area contributed by atoms with E-state index in [9.17, 15) is 4.79 Å². The monoisotopic (exact) mass is 328 g/mol. The van der Waals surface area contributed by atoms with Gasteiger partial charge in [0.05, 0.1) is 15.9 Å². The maximum Gasteiger partial charge on any atom is 0.224 e. The molecular weight excluding hydrogens is 316 g/mol. The Morgan fingerprint density at radius 1 is 1.56 bits per heavy atom. The number of rotatable bonds is 4. The predicted molar refractivity (Wildman–Crippen MR) is 73.5 cm³/mol. The molecule has 18 heavy (non-hydrogen) atoms. The van der Waals surface area contributed by atoms with Crippen molar-refractivity contribution in [3.63, 3.8) is 0 Å². The van der Waals surface area contributed by atoms with Gasteiger partial charge in [0, 0.05) is 12.1 Å². The first-order chi connectivity index (χ1) is 8.56. The highest BCUT2D eigenvalue weighted by molar-refractivity contribution is 9.11. The molecule has 0 saturated heterocycles. The van der Waals surface area contributed by atoms with Crippen LogP contribution >= 0.6 is 27.3 Å². The van der Waals surface area contributed by atoms with Crippen LogP contribution in [0.3, 0.4) is 0 Å². The maximum absolute atomic E-state index is 11.8. The molecule has 0 aromatic carbocycles. The Hall–Kier alpha value is -1.14. The van der Waals surface area contributed by atoms with Crippen molar-refractivity contribution in [2.45, 2.75) is 26.8 Å². The molecule has 0 bridgehead atoms. The molecule has 0 aliphatic rings. The second-order valence-corrected chi connectivity index (χ2v) is 6.31. The number of hydrogen-bond donors (Lipinski definition) is 1. The smallest absolute Gasteiger partial charge is 0.224 e. The van der Waals surface area contributed by atoms with Gasteiger partial charge in [-0.25, -0.2) is 0 Å². The molecular formula is C12H13BrN2O2S. The molecule has 2 heterocycles. The molecule has 0 fully saturated rings. The van der Waals surface area contributed by atoms with E-state index in [0.29, 0.717) is 18.7 Å². The van der Waals surface area contributed by atoms with E-state index in [2.05, 4.69) is 26.4 Å². The van der Waals surface area contributed by atoms with Crippen molar-refractivity contribution in [2.24, 2.45) is 0 Å². The molecule has 0 saturated carbocycles. The van der Waals surface area contributed by atoms with Gasteiger partial charge in [-0.3, -0.25) is 4.79 Å². The van der Waals surface area contributed by atoms with Crippen LogP contribution in [-0.4, -0.2) is 11.1 Å². The minimum absolute atomic E-state index is 0.0216. The van der Waals surface area contributed by atoms with Crippen LogP contribution in [-0.2, 0) is 17.8 Å². The summed E-state index contributed by atoms with van der Waals surface area (Å²) in [6, 6.07) is 2.00. The first kappa shape index (κ1) is 13.3. The molecule has 1 N–H and O–H groups in total. The van der Waals surface area contributed by atoms with E-state index < -0.39 is 0 Å². The normalized spacial score (nSPS) is 10.6. The lowest BCUT2D eigenvalue weighted by molar-refractivity contribution is -0.120. The number of amides is 1. The van der Waals surface area contributed by atoms with Crippen LogP contribution in [0.2, 0.25) is 0 Å². The van der Waals surface area contributed by atoms with Gasteiger partial charge in [-0.2, -0.15) is 0 Å². The Balaban J connectivity index is 1.89. The summed E-state index contributed by atoms with van der Waals surface area (Å²) in [5, 5.41) is 8.73. The van der Waals surface area contributed by atoms with E-state index in [1.54, 1.807) is 11.3 Å². The van der Waals surface area contributed by atoms with Gasteiger partial charge in [-0.05, 0) is 46.8 Å². The van der Waals surface area contributed by atoms with Gasteiger partial charge in [0.1, 0.15) is 5.76 Å². The van der Waals surface area contributed by atoms with Gasteiger partial charge < -0.3 is 9.84 Å². The topological polar surface area (TPSA) is 55.1 Å². The Kier molecular flexibility index (Phi) is 4.19. The van der Waals surface area contributed by atoms with Crippen molar-refractivity contribution in [2.75, 3.05) is 0 Å². The van der Waals surface area contributed by atoms with E-state index in [1.807, 2.05) is 25.3 Å². The third kappa shape index (κ3) is 3.20. The number of halogens is 1. The summed E-state index contributed by atoms with van der Waals surface area (Å²) in [4.78, 5) is 11.8. The average molecular weight is 329 g/mol. The van der Waals surface area contributed by atoms with Crippen LogP contribution in [0.5, 0.6) is 0 Å². The van der Waals surface area contributed by atoms with Crippen molar-refractivity contribution < 1.29 is 9.32 Å². The van der Waals surface area contributed by atoms with Gasteiger partial charge in [0.2, 0.25) is 5.91 Å². The lowest BCUT2D eigenvalue weighted by Crippen LogP contribution is -2.24. The Morgan fingerprint density at radius 3 is 2.89 bits per heavy atom. The molecule has 2 aromatic heterocycles. The van der Waals surface area contributed by atoms with E-state index in [4.69, 9.17) is 4.52 Å². The van der Waals surface area contributed by atoms with Crippen molar-refractivity contribution >= 4 is 33.2 Å². The summed E-state index contributed by atoms with van der Waals surface area (Å²) in [7, 11) is 0. The van der Waals surface area contributed by atoms with Crippen LogP contribution in [0, 0.1) is 13.8 Å². The zero-order valence-electron chi connectivity index (χ0n) is 10.1. The summed E-state index contributed by atoms with van der Waals surface area (Å²) in [6.45, 7) is 4.21. The highest BCUT2D eigenvalue weighted by atomic mass is 79.9. The minimum atomic E-state index is -0.0216. The fourth-order valence-electron chi connectivity index (χ4n) is 1.62. The molecule has 4 nitrogen and oxygen atoms in total. The highest BCUT2D eigenvalue weighted by Crippen LogP contribution is 2.20. The molecule has 0 atom stereocenters. The maximum atomic E-state index is 11.8. The Labute approximate surface area is 117 Å². The average Bonchev–Trinajstić information content (AvgIpc) is 2.87. The minimum Gasteiger partial charge on any atom is -0.361 e. The van der Waals surface area contributed by atoms with Crippen LogP contribution in [0.1, 0.15) is 22.6 Å². The molecule has 2 rings (SSSR count). The number of aryl methyl sites for hydroxylation is 2. The zero-order valence-corrected chi connectivity index (χ0v) is 12.5. The number of nitrogens with zero attached hydrogens (tertiary/aromatic N) is 1. The summed E-state index contributed by atoms with van der Waals surface area (Å²) < 4.78 is 6.09. The lowest BCUT2D eigenvalue weighted by atomic mass is 10.1. The van der Waals surface area contributed by atoms with E-state index in [-0.39, 0.29) is 5.91 Å². The number of hydrogen-bond acceptors (Lipinski definition) is 4. The number of nitrogens with one attached hydrogen (secondary N) is 1. The molecule has 0 aliphatic carbocycles. The Morgan fingerprint density at radius 2 is 2.33 bits per heavy atom. The fraction of sp³-hybridized carbons (Fsp3) is 0.333. The molecule has 2 aromatic rings. The number of aromatic nitrogens is 1. The lowest BCUT2D eigenvalue weighted by Gasteiger charge is -2.03. The van der Waals surface area contributed by atoms with Crippen molar-refractivity contribution in [3.05, 3.63) is 37.8 Å². The largest absolute Gasteiger partial charge is 0.361 e. The third-order valence-corrected chi connectivity index (χ3v) is 4.18. The molecule has 0 radical (unpaired) electrons. The van der Waals surface area contributed by atoms with E-state index in [1.165, 1.54) is 0 Å². The Bertz CT molecular complexity index is 543. The van der Waals surface area contributed by atoms with Crippen molar-refractivity contribution in [1.82, 2.24) is 10.5 Å². The van der Waals surface area contributed by atoms with Crippen LogP contribution in [0.25, 0.3) is 0 Å². The first-order valence-electron chi connectivity index (χ1n) is 5.47. The van der Waals surface area contributed by atoms with Crippen molar-refractivity contribution in [1.29, 1.82) is 0 Å². The standard InChI is InChI=1S/C12H13BrN2O2S/c1-7-10(8(2)17-15-7)4-12(16)14-5-9-3-11(13)18-6-9/h3,6H,4-5H2,1-2H3,(H,14,16). The quantitative estimate of drug-likeness (QED) is 0.938. The number of carbonyl (C=O) groups excluding carboxylic acids is 1. The van der Waals surface area contributed by atoms with Crippen LogP contribution < -0.4 is 5.32 Å².